The third-order valence-corrected chi connectivity index (χ3v) is 5.27. The van der Waals surface area contributed by atoms with Gasteiger partial charge in [-0.2, -0.15) is 0 Å². The minimum atomic E-state index is -1.89. The lowest BCUT2D eigenvalue weighted by Gasteiger charge is -2.48. The van der Waals surface area contributed by atoms with E-state index in [0.29, 0.717) is 5.57 Å². The smallest absolute Gasteiger partial charge is 0.260 e. The Bertz CT molecular complexity index is 683. The van der Waals surface area contributed by atoms with Crippen molar-refractivity contribution in [3.63, 3.8) is 0 Å². The number of hydrogen-bond donors (Lipinski definition) is 1. The Balaban J connectivity index is 1.89. The fourth-order valence-electron chi connectivity index (χ4n) is 4.38. The van der Waals surface area contributed by atoms with Gasteiger partial charge in [-0.3, -0.25) is 20.2 Å². The lowest BCUT2D eigenvalue weighted by Crippen LogP contribution is -2.70. The molecule has 4 bridgehead atoms. The van der Waals surface area contributed by atoms with Crippen LogP contribution in [0.5, 0.6) is 0 Å². The summed E-state index contributed by atoms with van der Waals surface area (Å²) in [6.07, 6.45) is 3.03. The molecule has 4 aliphatic rings. The third kappa shape index (κ3) is 1.85. The standard InChI is InChI=1S/C14H14N2O7/c17-14-5-8(9-6-22-13(14)23-9)11(15(18)19)10(12(14)16(20)21)7-3-1-2-4-7/h1-3,8-13,17H,5-6H2/t8-,9+,10?,11?,12?,13+,14+/m0/s1. The van der Waals surface area contributed by atoms with Crippen LogP contribution in [0.3, 0.4) is 0 Å². The molecule has 2 saturated heterocycles. The van der Waals surface area contributed by atoms with Crippen LogP contribution in [0.25, 0.3) is 0 Å². The quantitative estimate of drug-likeness (QED) is 0.442. The number of hydrogen-bond acceptors (Lipinski definition) is 7. The minimum Gasteiger partial charge on any atom is -0.378 e. The first-order chi connectivity index (χ1) is 10.9. The normalized spacial score (nSPS) is 46.7. The van der Waals surface area contributed by atoms with E-state index in [0.717, 1.165) is 0 Å². The van der Waals surface area contributed by atoms with Gasteiger partial charge in [-0.25, -0.2) is 0 Å². The summed E-state index contributed by atoms with van der Waals surface area (Å²) < 4.78 is 10.9. The van der Waals surface area contributed by atoms with Gasteiger partial charge in [-0.05, 0) is 18.6 Å². The molecule has 122 valence electrons. The molecule has 0 aromatic rings. The van der Waals surface area contributed by atoms with Gasteiger partial charge in [-0.1, -0.05) is 6.08 Å². The van der Waals surface area contributed by atoms with Crippen LogP contribution in [0.2, 0.25) is 0 Å². The van der Waals surface area contributed by atoms with Crippen LogP contribution < -0.4 is 0 Å². The highest BCUT2D eigenvalue weighted by atomic mass is 16.7. The van der Waals surface area contributed by atoms with E-state index in [4.69, 9.17) is 9.47 Å². The lowest BCUT2D eigenvalue weighted by atomic mass is 9.61. The van der Waals surface area contributed by atoms with Crippen molar-refractivity contribution in [3.05, 3.63) is 49.8 Å². The third-order valence-electron chi connectivity index (χ3n) is 5.27. The van der Waals surface area contributed by atoms with Crippen LogP contribution in [0.15, 0.2) is 29.5 Å². The molecule has 3 unspecified atom stereocenters. The van der Waals surface area contributed by atoms with Gasteiger partial charge < -0.3 is 14.6 Å². The van der Waals surface area contributed by atoms with Crippen LogP contribution in [-0.4, -0.2) is 51.6 Å². The molecule has 9 nitrogen and oxygen atoms in total. The molecule has 1 N–H and O–H groups in total. The maximum absolute atomic E-state index is 11.7. The van der Waals surface area contributed by atoms with Crippen molar-refractivity contribution in [2.45, 2.75) is 36.5 Å². The highest BCUT2D eigenvalue weighted by Crippen LogP contribution is 2.52. The van der Waals surface area contributed by atoms with E-state index in [1.165, 1.54) is 0 Å². The predicted molar refractivity (Wildman–Crippen MR) is 73.5 cm³/mol. The van der Waals surface area contributed by atoms with E-state index in [9.17, 15) is 25.3 Å². The second kappa shape index (κ2) is 4.72. The molecule has 0 radical (unpaired) electrons. The molecule has 23 heavy (non-hydrogen) atoms. The van der Waals surface area contributed by atoms with Crippen molar-refractivity contribution in [2.24, 2.45) is 11.8 Å². The van der Waals surface area contributed by atoms with Crippen LogP contribution in [0.1, 0.15) is 6.42 Å². The van der Waals surface area contributed by atoms with E-state index in [1.807, 2.05) is 0 Å². The van der Waals surface area contributed by atoms with Crippen LogP contribution in [0, 0.1) is 32.1 Å². The Hall–Kier alpha value is -2.06. The summed E-state index contributed by atoms with van der Waals surface area (Å²) in [5.74, 6) is -1.72. The number of rotatable bonds is 3. The number of aliphatic hydroxyl groups is 1. The van der Waals surface area contributed by atoms with Crippen molar-refractivity contribution in [2.75, 3.05) is 6.61 Å². The maximum atomic E-state index is 11.7. The van der Waals surface area contributed by atoms with Crippen molar-refractivity contribution in [1.29, 1.82) is 0 Å². The van der Waals surface area contributed by atoms with E-state index in [1.54, 1.807) is 18.2 Å². The summed E-state index contributed by atoms with van der Waals surface area (Å²) in [6.45, 7) is 0.101. The van der Waals surface area contributed by atoms with Gasteiger partial charge >= 0.3 is 0 Å². The summed E-state index contributed by atoms with van der Waals surface area (Å²) in [7, 11) is 0. The lowest BCUT2D eigenvalue weighted by molar-refractivity contribution is -0.613. The minimum absolute atomic E-state index is 0.0726. The molecule has 0 spiro atoms. The molecular weight excluding hydrogens is 308 g/mol. The zero-order valence-electron chi connectivity index (χ0n) is 11.9. The van der Waals surface area contributed by atoms with Crippen molar-refractivity contribution >= 4 is 0 Å². The summed E-state index contributed by atoms with van der Waals surface area (Å²) in [5, 5.41) is 34.4. The van der Waals surface area contributed by atoms with Crippen molar-refractivity contribution < 1.29 is 24.4 Å². The zero-order chi connectivity index (χ0) is 16.4. The molecule has 2 aliphatic heterocycles. The van der Waals surface area contributed by atoms with Crippen LogP contribution in [0.4, 0.5) is 0 Å². The molecule has 9 heteroatoms. The molecule has 0 amide bonds. The number of nitro groups is 2. The van der Waals surface area contributed by atoms with Gasteiger partial charge in [0.15, 0.2) is 11.9 Å². The van der Waals surface area contributed by atoms with Crippen molar-refractivity contribution in [3.8, 4) is 0 Å². The highest BCUT2D eigenvalue weighted by molar-refractivity contribution is 5.35. The molecule has 0 aromatic carbocycles. The van der Waals surface area contributed by atoms with E-state index < -0.39 is 51.8 Å². The number of nitrogens with zero attached hydrogens (tertiary/aromatic N) is 2. The van der Waals surface area contributed by atoms with Gasteiger partial charge in [0.1, 0.15) is 5.92 Å². The molecule has 2 heterocycles. The predicted octanol–water partition coefficient (Wildman–Crippen LogP) is 0.0506. The second-order valence-electron chi connectivity index (χ2n) is 6.36. The van der Waals surface area contributed by atoms with E-state index >= 15 is 0 Å². The highest BCUT2D eigenvalue weighted by Gasteiger charge is 2.73. The molecule has 4 rings (SSSR count). The molecule has 0 aromatic heterocycles. The Morgan fingerprint density at radius 3 is 2.74 bits per heavy atom. The molecular formula is C14H14N2O7. The molecule has 1 saturated carbocycles. The first kappa shape index (κ1) is 14.5. The Morgan fingerprint density at radius 2 is 2.13 bits per heavy atom. The van der Waals surface area contributed by atoms with Gasteiger partial charge in [0.25, 0.3) is 6.04 Å². The van der Waals surface area contributed by atoms with Crippen molar-refractivity contribution in [1.82, 2.24) is 0 Å². The molecule has 7 atom stereocenters. The SMILES string of the molecule is O=[N+]([O-])C1C(C2=C=CC=C2)C([N+](=O)[O-])[C@]2(O)C[C@H]1[C@H]1CO[C@@H]2O1. The monoisotopic (exact) mass is 322 g/mol. The Kier molecular flexibility index (Phi) is 2.98. The average molecular weight is 322 g/mol. The summed E-state index contributed by atoms with van der Waals surface area (Å²) in [5.41, 5.74) is 1.32. The Morgan fingerprint density at radius 1 is 1.35 bits per heavy atom. The van der Waals surface area contributed by atoms with Crippen LogP contribution >= 0.6 is 0 Å². The number of ether oxygens (including phenoxy) is 2. The number of allylic oxidation sites excluding steroid dienone is 2. The fourth-order valence-corrected chi connectivity index (χ4v) is 4.38. The largest absolute Gasteiger partial charge is 0.378 e. The average Bonchev–Trinajstić information content (AvgIpc) is 3.15. The second-order valence-corrected chi connectivity index (χ2v) is 6.36. The first-order valence-corrected chi connectivity index (χ1v) is 7.33. The zero-order valence-corrected chi connectivity index (χ0v) is 11.9. The Labute approximate surface area is 130 Å². The summed E-state index contributed by atoms with van der Waals surface area (Å²) >= 11 is 0. The van der Waals surface area contributed by atoms with E-state index in [2.05, 4.69) is 5.73 Å². The van der Waals surface area contributed by atoms with Gasteiger partial charge in [0.2, 0.25) is 6.04 Å². The van der Waals surface area contributed by atoms with Gasteiger partial charge in [0.05, 0.1) is 18.6 Å². The maximum Gasteiger partial charge on any atom is 0.260 e. The molecule has 3 fully saturated rings. The fraction of sp³-hybridized carbons (Fsp3) is 0.643. The summed E-state index contributed by atoms with van der Waals surface area (Å²) in [4.78, 5) is 22.3. The molecule has 2 aliphatic carbocycles. The topological polar surface area (TPSA) is 125 Å². The first-order valence-electron chi connectivity index (χ1n) is 7.33. The van der Waals surface area contributed by atoms with Gasteiger partial charge in [0, 0.05) is 15.4 Å². The van der Waals surface area contributed by atoms with Gasteiger partial charge in [-0.15, -0.1) is 5.73 Å². The van der Waals surface area contributed by atoms with Crippen LogP contribution in [-0.2, 0) is 9.47 Å². The number of fused-ring (bicyclic) bond motifs is 6. The summed E-state index contributed by atoms with van der Waals surface area (Å²) in [6, 6.07) is -2.81. The van der Waals surface area contributed by atoms with E-state index in [-0.39, 0.29) is 13.0 Å².